The van der Waals surface area contributed by atoms with E-state index >= 15 is 0 Å². The Morgan fingerprint density at radius 2 is 2.21 bits per heavy atom. The van der Waals surface area contributed by atoms with E-state index in [1.807, 2.05) is 12.1 Å². The predicted molar refractivity (Wildman–Crippen MR) is 56.3 cm³/mol. The average Bonchev–Trinajstić information content (AvgIpc) is 2.20. The van der Waals surface area contributed by atoms with Gasteiger partial charge in [-0.05, 0) is 43.0 Å². The zero-order valence-electron chi connectivity index (χ0n) is 8.71. The van der Waals surface area contributed by atoms with Gasteiger partial charge in [0.15, 0.2) is 0 Å². The summed E-state index contributed by atoms with van der Waals surface area (Å²) in [5.41, 5.74) is 2.54. The number of aryl methyl sites for hydroxylation is 2. The first kappa shape index (κ1) is 10.6. The minimum atomic E-state index is 0.630. The first-order valence-corrected chi connectivity index (χ1v) is 4.78. The molecule has 1 aromatic carbocycles. The third-order valence-corrected chi connectivity index (χ3v) is 2.28. The number of hydrogen-bond donors (Lipinski definition) is 0. The summed E-state index contributed by atoms with van der Waals surface area (Å²) in [6.07, 6.45) is 2.54. The van der Waals surface area contributed by atoms with E-state index in [2.05, 4.69) is 19.1 Å². The van der Waals surface area contributed by atoms with Crippen LogP contribution >= 0.6 is 0 Å². The van der Waals surface area contributed by atoms with Crippen molar-refractivity contribution >= 4 is 0 Å². The van der Waals surface area contributed by atoms with Crippen LogP contribution in [0.2, 0.25) is 0 Å². The minimum absolute atomic E-state index is 0.630. The highest BCUT2D eigenvalue weighted by molar-refractivity contribution is 5.34. The van der Waals surface area contributed by atoms with Crippen molar-refractivity contribution in [1.29, 1.82) is 5.26 Å². The zero-order valence-corrected chi connectivity index (χ0v) is 8.71. The Balaban J connectivity index is 2.65. The molecule has 0 aromatic heterocycles. The van der Waals surface area contributed by atoms with Gasteiger partial charge in [0, 0.05) is 6.42 Å². The van der Waals surface area contributed by atoms with E-state index in [0.29, 0.717) is 6.42 Å². The quantitative estimate of drug-likeness (QED) is 0.682. The van der Waals surface area contributed by atoms with Crippen LogP contribution in [0.3, 0.4) is 0 Å². The number of benzene rings is 1. The highest BCUT2D eigenvalue weighted by Crippen LogP contribution is 2.18. The van der Waals surface area contributed by atoms with Crippen molar-refractivity contribution in [2.75, 3.05) is 7.11 Å². The molecule has 0 aliphatic rings. The first-order valence-electron chi connectivity index (χ1n) is 4.78. The van der Waals surface area contributed by atoms with E-state index in [4.69, 9.17) is 10.00 Å². The van der Waals surface area contributed by atoms with E-state index < -0.39 is 0 Å². The molecule has 0 saturated heterocycles. The van der Waals surface area contributed by atoms with Crippen LogP contribution in [0.1, 0.15) is 24.0 Å². The highest BCUT2D eigenvalue weighted by atomic mass is 16.5. The second-order valence-electron chi connectivity index (χ2n) is 3.30. The zero-order chi connectivity index (χ0) is 10.4. The molecule has 0 atom stereocenters. The molecular weight excluding hydrogens is 174 g/mol. The van der Waals surface area contributed by atoms with Crippen LogP contribution in [0.5, 0.6) is 5.75 Å². The third-order valence-electron chi connectivity index (χ3n) is 2.28. The summed E-state index contributed by atoms with van der Waals surface area (Å²) in [7, 11) is 1.67. The van der Waals surface area contributed by atoms with E-state index in [-0.39, 0.29) is 0 Å². The van der Waals surface area contributed by atoms with Crippen LogP contribution < -0.4 is 4.74 Å². The Kier molecular flexibility index (Phi) is 4.00. The van der Waals surface area contributed by atoms with E-state index in [1.54, 1.807) is 7.11 Å². The lowest BCUT2D eigenvalue weighted by molar-refractivity contribution is 0.414. The summed E-state index contributed by atoms with van der Waals surface area (Å²) in [6.45, 7) is 2.07. The van der Waals surface area contributed by atoms with Crippen molar-refractivity contribution in [2.24, 2.45) is 0 Å². The van der Waals surface area contributed by atoms with E-state index in [0.717, 1.165) is 18.6 Å². The van der Waals surface area contributed by atoms with Gasteiger partial charge in [-0.2, -0.15) is 5.26 Å². The maximum absolute atomic E-state index is 8.43. The SMILES string of the molecule is COc1ccc(CCCC#N)c(C)c1. The molecule has 0 radical (unpaired) electrons. The molecule has 0 aliphatic heterocycles. The highest BCUT2D eigenvalue weighted by Gasteiger charge is 1.99. The molecule has 0 spiro atoms. The smallest absolute Gasteiger partial charge is 0.119 e. The van der Waals surface area contributed by atoms with Crippen molar-refractivity contribution in [3.05, 3.63) is 29.3 Å². The van der Waals surface area contributed by atoms with Crippen molar-refractivity contribution in [2.45, 2.75) is 26.2 Å². The summed E-state index contributed by atoms with van der Waals surface area (Å²) < 4.78 is 5.12. The van der Waals surface area contributed by atoms with Gasteiger partial charge in [0.05, 0.1) is 13.2 Å². The molecule has 1 aromatic rings. The molecule has 0 unspecified atom stereocenters. The molecule has 2 nitrogen and oxygen atoms in total. The molecule has 1 rings (SSSR count). The molecule has 0 saturated carbocycles. The second kappa shape index (κ2) is 5.29. The Bertz CT molecular complexity index is 339. The Morgan fingerprint density at radius 3 is 2.79 bits per heavy atom. The number of nitriles is 1. The van der Waals surface area contributed by atoms with Gasteiger partial charge >= 0.3 is 0 Å². The van der Waals surface area contributed by atoms with Crippen molar-refractivity contribution in [3.63, 3.8) is 0 Å². The standard InChI is InChI=1S/C12H15NO/c1-10-9-12(14-2)7-6-11(10)5-3-4-8-13/h6-7,9H,3-5H2,1-2H3. The van der Waals surface area contributed by atoms with Crippen LogP contribution in [0.25, 0.3) is 0 Å². The van der Waals surface area contributed by atoms with Crippen LogP contribution in [-0.2, 0) is 6.42 Å². The van der Waals surface area contributed by atoms with Gasteiger partial charge in [0.25, 0.3) is 0 Å². The molecule has 14 heavy (non-hydrogen) atoms. The Hall–Kier alpha value is -1.49. The summed E-state index contributed by atoms with van der Waals surface area (Å²) >= 11 is 0. The van der Waals surface area contributed by atoms with Crippen LogP contribution in [0, 0.1) is 18.3 Å². The lowest BCUT2D eigenvalue weighted by Gasteiger charge is -2.06. The third kappa shape index (κ3) is 2.77. The van der Waals surface area contributed by atoms with Gasteiger partial charge in [0.2, 0.25) is 0 Å². The minimum Gasteiger partial charge on any atom is -0.497 e. The van der Waals surface area contributed by atoms with Crippen molar-refractivity contribution in [3.8, 4) is 11.8 Å². The van der Waals surface area contributed by atoms with E-state index in [9.17, 15) is 0 Å². The number of unbranched alkanes of at least 4 members (excludes halogenated alkanes) is 1. The fraction of sp³-hybridized carbons (Fsp3) is 0.417. The second-order valence-corrected chi connectivity index (χ2v) is 3.30. The van der Waals surface area contributed by atoms with Gasteiger partial charge in [-0.25, -0.2) is 0 Å². The molecular formula is C12H15NO. The molecule has 0 fully saturated rings. The predicted octanol–water partition coefficient (Wildman–Crippen LogP) is 2.85. The molecule has 0 bridgehead atoms. The maximum Gasteiger partial charge on any atom is 0.119 e. The van der Waals surface area contributed by atoms with Gasteiger partial charge in [-0.3, -0.25) is 0 Å². The number of ether oxygens (including phenoxy) is 1. The first-order chi connectivity index (χ1) is 6.77. The van der Waals surface area contributed by atoms with Crippen LogP contribution in [-0.4, -0.2) is 7.11 Å². The molecule has 2 heteroatoms. The normalized spacial score (nSPS) is 9.50. The van der Waals surface area contributed by atoms with Gasteiger partial charge < -0.3 is 4.74 Å². The number of rotatable bonds is 4. The monoisotopic (exact) mass is 189 g/mol. The molecule has 0 aliphatic carbocycles. The lowest BCUT2D eigenvalue weighted by Crippen LogP contribution is -1.91. The number of hydrogen-bond acceptors (Lipinski definition) is 2. The summed E-state index contributed by atoms with van der Waals surface area (Å²) in [5, 5.41) is 8.43. The van der Waals surface area contributed by atoms with Gasteiger partial charge in [-0.15, -0.1) is 0 Å². The summed E-state index contributed by atoms with van der Waals surface area (Å²) in [4.78, 5) is 0. The Labute approximate surface area is 85.1 Å². The topological polar surface area (TPSA) is 33.0 Å². The lowest BCUT2D eigenvalue weighted by atomic mass is 10.0. The van der Waals surface area contributed by atoms with Crippen LogP contribution in [0.4, 0.5) is 0 Å². The van der Waals surface area contributed by atoms with Gasteiger partial charge in [-0.1, -0.05) is 6.07 Å². The summed E-state index contributed by atoms with van der Waals surface area (Å²) in [5.74, 6) is 0.895. The molecule has 74 valence electrons. The number of methoxy groups -OCH3 is 1. The number of nitrogens with zero attached hydrogens (tertiary/aromatic N) is 1. The van der Waals surface area contributed by atoms with Gasteiger partial charge in [0.1, 0.15) is 5.75 Å². The molecule has 0 N–H and O–H groups in total. The van der Waals surface area contributed by atoms with Crippen LogP contribution in [0.15, 0.2) is 18.2 Å². The fourth-order valence-electron chi connectivity index (χ4n) is 1.43. The molecule has 0 heterocycles. The molecule has 0 amide bonds. The average molecular weight is 189 g/mol. The van der Waals surface area contributed by atoms with Crippen molar-refractivity contribution in [1.82, 2.24) is 0 Å². The largest absolute Gasteiger partial charge is 0.497 e. The summed E-state index contributed by atoms with van der Waals surface area (Å²) in [6, 6.07) is 8.23. The fourth-order valence-corrected chi connectivity index (χ4v) is 1.43. The maximum atomic E-state index is 8.43. The Morgan fingerprint density at radius 1 is 1.43 bits per heavy atom. The van der Waals surface area contributed by atoms with E-state index in [1.165, 1.54) is 11.1 Å². The van der Waals surface area contributed by atoms with Crippen molar-refractivity contribution < 1.29 is 4.74 Å².